The van der Waals surface area contributed by atoms with Crippen molar-refractivity contribution in [1.29, 1.82) is 0 Å². The Morgan fingerprint density at radius 3 is 2.03 bits per heavy atom. The lowest BCUT2D eigenvalue weighted by Gasteiger charge is -2.16. The normalized spacial score (nSPS) is 11.3. The molecule has 0 aliphatic rings. The topological polar surface area (TPSA) is 107 Å². The molecule has 1 aromatic heterocycles. The molecule has 0 aliphatic carbocycles. The first-order valence-electron chi connectivity index (χ1n) is 9.93. The Morgan fingerprint density at radius 1 is 0.938 bits per heavy atom. The maximum atomic E-state index is 12.6. The summed E-state index contributed by atoms with van der Waals surface area (Å²) in [6.07, 6.45) is 1.39. The number of nitrogens with zero attached hydrogens (tertiary/aromatic N) is 1. The van der Waals surface area contributed by atoms with Gasteiger partial charge in [0, 0.05) is 6.07 Å². The molecule has 2 aromatic carbocycles. The molecule has 0 aliphatic heterocycles. The molecular weight excluding hydrogens is 412 g/mol. The van der Waals surface area contributed by atoms with Gasteiger partial charge in [0.15, 0.2) is 17.5 Å². The molecule has 2 N–H and O–H groups in total. The highest BCUT2D eigenvalue weighted by Gasteiger charge is 2.23. The van der Waals surface area contributed by atoms with Crippen molar-refractivity contribution in [2.75, 3.05) is 13.7 Å². The number of nitrogens with one attached hydrogen (secondary N) is 1. The fraction of sp³-hybridized carbons (Fsp3) is 0.208. The highest BCUT2D eigenvalue weighted by atomic mass is 16.5. The minimum atomic E-state index is -1.20. The summed E-state index contributed by atoms with van der Waals surface area (Å²) in [5, 5.41) is 11.7. The highest BCUT2D eigenvalue weighted by molar-refractivity contribution is 5.95. The lowest BCUT2D eigenvalue weighted by molar-refractivity contribution is -0.143. The molecule has 0 saturated carbocycles. The standard InChI is InChI=1S/C24H24N2O6/c1-30-24(29)20(14-27)26-23(28)19-12-21(31-15-17-8-4-2-5-9-17)22(13-25-19)32-16-18-10-6-3-7-11-18/h2-13,20,27H,14-16H2,1H3,(H,26,28). The van der Waals surface area contributed by atoms with Crippen molar-refractivity contribution < 1.29 is 28.9 Å². The SMILES string of the molecule is COC(=O)C(CO)NC(=O)c1cc(OCc2ccccc2)c(OCc2ccccc2)cn1. The molecule has 1 unspecified atom stereocenters. The van der Waals surface area contributed by atoms with Gasteiger partial charge in [-0.15, -0.1) is 0 Å². The summed E-state index contributed by atoms with van der Waals surface area (Å²) >= 11 is 0. The summed E-state index contributed by atoms with van der Waals surface area (Å²) in [5.41, 5.74) is 1.91. The number of esters is 1. The smallest absolute Gasteiger partial charge is 0.330 e. The predicted molar refractivity (Wildman–Crippen MR) is 116 cm³/mol. The Bertz CT molecular complexity index is 1030. The fourth-order valence-electron chi connectivity index (χ4n) is 2.79. The van der Waals surface area contributed by atoms with Crippen LogP contribution in [0.1, 0.15) is 21.6 Å². The first kappa shape index (κ1) is 22.8. The van der Waals surface area contributed by atoms with Crippen molar-refractivity contribution in [3.05, 3.63) is 89.7 Å². The average molecular weight is 436 g/mol. The number of hydrogen-bond donors (Lipinski definition) is 2. The average Bonchev–Trinajstić information content (AvgIpc) is 2.85. The van der Waals surface area contributed by atoms with Crippen LogP contribution >= 0.6 is 0 Å². The van der Waals surface area contributed by atoms with Crippen LogP contribution in [0.5, 0.6) is 11.5 Å². The number of amides is 1. The van der Waals surface area contributed by atoms with Gasteiger partial charge in [-0.1, -0.05) is 60.7 Å². The summed E-state index contributed by atoms with van der Waals surface area (Å²) < 4.78 is 16.4. The molecule has 0 saturated heterocycles. The lowest BCUT2D eigenvalue weighted by Crippen LogP contribution is -2.44. The number of rotatable bonds is 10. The zero-order chi connectivity index (χ0) is 22.8. The van der Waals surface area contributed by atoms with Crippen molar-refractivity contribution in [1.82, 2.24) is 10.3 Å². The van der Waals surface area contributed by atoms with E-state index in [0.717, 1.165) is 11.1 Å². The van der Waals surface area contributed by atoms with Gasteiger partial charge in [0.1, 0.15) is 18.9 Å². The molecule has 0 radical (unpaired) electrons. The van der Waals surface area contributed by atoms with Crippen LogP contribution in [0.3, 0.4) is 0 Å². The lowest BCUT2D eigenvalue weighted by atomic mass is 10.2. The monoisotopic (exact) mass is 436 g/mol. The predicted octanol–water partition coefficient (Wildman–Crippen LogP) is 2.50. The summed E-state index contributed by atoms with van der Waals surface area (Å²) in [5.74, 6) is -0.727. The Balaban J connectivity index is 1.79. The van der Waals surface area contributed by atoms with E-state index >= 15 is 0 Å². The molecule has 3 rings (SSSR count). The largest absolute Gasteiger partial charge is 0.485 e. The van der Waals surface area contributed by atoms with Crippen LogP contribution in [0, 0.1) is 0 Å². The number of carbonyl (C=O) groups is 2. The third-order valence-electron chi connectivity index (χ3n) is 4.51. The number of benzene rings is 2. The van der Waals surface area contributed by atoms with Crippen LogP contribution < -0.4 is 14.8 Å². The maximum Gasteiger partial charge on any atom is 0.330 e. The van der Waals surface area contributed by atoms with E-state index in [9.17, 15) is 14.7 Å². The van der Waals surface area contributed by atoms with Gasteiger partial charge in [0.25, 0.3) is 5.91 Å². The number of pyridine rings is 1. The quantitative estimate of drug-likeness (QED) is 0.470. The van der Waals surface area contributed by atoms with E-state index in [4.69, 9.17) is 9.47 Å². The third-order valence-corrected chi connectivity index (χ3v) is 4.51. The van der Waals surface area contributed by atoms with Gasteiger partial charge in [-0.25, -0.2) is 9.78 Å². The van der Waals surface area contributed by atoms with E-state index in [1.54, 1.807) is 0 Å². The Hall–Kier alpha value is -3.91. The number of aliphatic hydroxyl groups excluding tert-OH is 1. The molecule has 32 heavy (non-hydrogen) atoms. The zero-order valence-electron chi connectivity index (χ0n) is 17.6. The number of aromatic nitrogens is 1. The fourth-order valence-corrected chi connectivity index (χ4v) is 2.79. The minimum Gasteiger partial charge on any atom is -0.485 e. The van der Waals surface area contributed by atoms with Crippen LogP contribution in [-0.2, 0) is 22.7 Å². The zero-order valence-corrected chi connectivity index (χ0v) is 17.6. The first-order valence-corrected chi connectivity index (χ1v) is 9.93. The molecule has 1 atom stereocenters. The number of hydrogen-bond acceptors (Lipinski definition) is 7. The van der Waals surface area contributed by atoms with Gasteiger partial charge in [-0.2, -0.15) is 0 Å². The Morgan fingerprint density at radius 2 is 1.50 bits per heavy atom. The second kappa shape index (κ2) is 11.5. The van der Waals surface area contributed by atoms with Crippen molar-refractivity contribution in [2.45, 2.75) is 19.3 Å². The van der Waals surface area contributed by atoms with Crippen molar-refractivity contribution in [2.24, 2.45) is 0 Å². The molecule has 8 heteroatoms. The molecular formula is C24H24N2O6. The Kier molecular flexibility index (Phi) is 8.16. The molecule has 3 aromatic rings. The van der Waals surface area contributed by atoms with Gasteiger partial charge >= 0.3 is 5.97 Å². The van der Waals surface area contributed by atoms with Gasteiger partial charge in [0.2, 0.25) is 0 Å². The van der Waals surface area contributed by atoms with Crippen LogP contribution in [0.25, 0.3) is 0 Å². The second-order valence-corrected chi connectivity index (χ2v) is 6.80. The minimum absolute atomic E-state index is 0.00229. The number of methoxy groups -OCH3 is 1. The summed E-state index contributed by atoms with van der Waals surface area (Å²) in [6, 6.07) is 19.4. The first-order chi connectivity index (χ1) is 15.6. The number of aliphatic hydroxyl groups is 1. The number of carbonyl (C=O) groups excluding carboxylic acids is 2. The van der Waals surface area contributed by atoms with E-state index in [1.165, 1.54) is 19.4 Å². The number of ether oxygens (including phenoxy) is 3. The van der Waals surface area contributed by atoms with Gasteiger partial charge in [0.05, 0.1) is 19.9 Å². The van der Waals surface area contributed by atoms with E-state index in [2.05, 4.69) is 15.0 Å². The second-order valence-electron chi connectivity index (χ2n) is 6.80. The van der Waals surface area contributed by atoms with Crippen LogP contribution in [0.15, 0.2) is 72.9 Å². The van der Waals surface area contributed by atoms with Crippen LogP contribution in [0.4, 0.5) is 0 Å². The van der Waals surface area contributed by atoms with Crippen LogP contribution in [0.2, 0.25) is 0 Å². The van der Waals surface area contributed by atoms with Gasteiger partial charge < -0.3 is 24.6 Å². The van der Waals surface area contributed by atoms with Crippen LogP contribution in [-0.4, -0.2) is 41.7 Å². The van der Waals surface area contributed by atoms with Gasteiger partial charge in [-0.3, -0.25) is 4.79 Å². The summed E-state index contributed by atoms with van der Waals surface area (Å²) in [4.78, 5) is 28.3. The Labute approximate surface area is 185 Å². The summed E-state index contributed by atoms with van der Waals surface area (Å²) in [7, 11) is 1.17. The molecule has 0 bridgehead atoms. The van der Waals surface area contributed by atoms with E-state index in [1.807, 2.05) is 60.7 Å². The molecule has 1 amide bonds. The third kappa shape index (κ3) is 6.29. The molecule has 166 valence electrons. The van der Waals surface area contributed by atoms with E-state index in [0.29, 0.717) is 18.1 Å². The molecule has 1 heterocycles. The van der Waals surface area contributed by atoms with Gasteiger partial charge in [-0.05, 0) is 11.1 Å². The maximum absolute atomic E-state index is 12.6. The van der Waals surface area contributed by atoms with Crippen molar-refractivity contribution in [3.63, 3.8) is 0 Å². The van der Waals surface area contributed by atoms with E-state index in [-0.39, 0.29) is 12.3 Å². The highest BCUT2D eigenvalue weighted by Crippen LogP contribution is 2.29. The molecule has 0 fully saturated rings. The van der Waals surface area contributed by atoms with Crippen molar-refractivity contribution in [3.8, 4) is 11.5 Å². The van der Waals surface area contributed by atoms with E-state index < -0.39 is 24.5 Å². The molecule has 0 spiro atoms. The summed E-state index contributed by atoms with van der Waals surface area (Å²) in [6.45, 7) is -0.0478. The van der Waals surface area contributed by atoms with Crippen molar-refractivity contribution >= 4 is 11.9 Å². The molecule has 8 nitrogen and oxygen atoms in total.